The SMILES string of the molecule is [2H]c1c([2H])c([2H])c2c(c1[2H])c1c([2H])c([2H])c([2H])c([2H])c1n2-c1cc(-c2cccc3cc4ccccc4cc23)ccc1-c1nc(-c2ccccc2)nc(-c2ccc3c(c2)sc2ccccc23)n1. The standard InChI is InChI=1S/C53H32N4S/c1-2-13-33(14-3-1)51-54-52(38-26-27-43-42-20-8-11-24-49(42)58-50(43)32-38)56-53(55-51)44-28-25-37(39-21-12-17-36-29-34-15-4-5-16-35(34)30-45(36)39)31-48(44)57-46-22-9-6-18-40(46)41-19-7-10-23-47(41)57/h1-32H/i6D,7D,9D,10D,18D,19D,22D,23D. The molecule has 0 amide bonds. The molecule has 0 aliphatic rings. The van der Waals surface area contributed by atoms with Gasteiger partial charge in [-0.25, -0.2) is 15.0 Å². The summed E-state index contributed by atoms with van der Waals surface area (Å²) in [6, 6.07) is 44.7. The first-order chi connectivity index (χ1) is 32.0. The van der Waals surface area contributed by atoms with Gasteiger partial charge in [-0.15, -0.1) is 11.3 Å². The van der Waals surface area contributed by atoms with Crippen LogP contribution in [0.15, 0.2) is 194 Å². The molecule has 0 unspecified atom stereocenters. The number of para-hydroxylation sites is 2. The molecular weight excluding hydrogens is 725 g/mol. The molecule has 58 heavy (non-hydrogen) atoms. The number of thiophene rings is 1. The maximum absolute atomic E-state index is 9.41. The van der Waals surface area contributed by atoms with Crippen molar-refractivity contribution in [3.05, 3.63) is 194 Å². The summed E-state index contributed by atoms with van der Waals surface area (Å²) in [6.45, 7) is 0. The highest BCUT2D eigenvalue weighted by molar-refractivity contribution is 7.25. The Kier molecular flexibility index (Phi) is 5.77. The third-order valence-corrected chi connectivity index (χ3v) is 12.0. The molecule has 0 N–H and O–H groups in total. The molecule has 0 saturated heterocycles. The van der Waals surface area contributed by atoms with Crippen LogP contribution < -0.4 is 0 Å². The second-order valence-electron chi connectivity index (χ2n) is 14.2. The van der Waals surface area contributed by atoms with Crippen LogP contribution >= 0.6 is 11.3 Å². The van der Waals surface area contributed by atoms with Crippen LogP contribution in [0.2, 0.25) is 0 Å². The summed E-state index contributed by atoms with van der Waals surface area (Å²) in [4.78, 5) is 15.4. The minimum absolute atomic E-state index is 0.00177. The van der Waals surface area contributed by atoms with E-state index >= 15 is 0 Å². The van der Waals surface area contributed by atoms with Gasteiger partial charge < -0.3 is 4.57 Å². The van der Waals surface area contributed by atoms with Crippen molar-refractivity contribution in [2.75, 3.05) is 0 Å². The van der Waals surface area contributed by atoms with Crippen LogP contribution in [0.3, 0.4) is 0 Å². The van der Waals surface area contributed by atoms with Crippen LogP contribution in [-0.4, -0.2) is 19.5 Å². The molecule has 12 rings (SSSR count). The largest absolute Gasteiger partial charge is 0.308 e. The summed E-state index contributed by atoms with van der Waals surface area (Å²) in [5.74, 6) is 1.05. The fourth-order valence-electron chi connectivity index (χ4n) is 8.16. The summed E-state index contributed by atoms with van der Waals surface area (Å²) >= 11 is 1.69. The van der Waals surface area contributed by atoms with Crippen LogP contribution in [0.5, 0.6) is 0 Å². The van der Waals surface area contributed by atoms with Gasteiger partial charge in [0.15, 0.2) is 17.5 Å². The Balaban J connectivity index is 1.21. The molecule has 0 fully saturated rings. The van der Waals surface area contributed by atoms with Crippen LogP contribution in [-0.2, 0) is 0 Å². The number of hydrogen-bond acceptors (Lipinski definition) is 4. The molecular formula is C53H32N4S. The number of nitrogens with zero attached hydrogens (tertiary/aromatic N) is 4. The van der Waals surface area contributed by atoms with Crippen LogP contribution in [0.25, 0.3) is 115 Å². The summed E-state index contributed by atoms with van der Waals surface area (Å²) in [7, 11) is 0. The van der Waals surface area contributed by atoms with E-state index in [1.54, 1.807) is 15.9 Å². The van der Waals surface area contributed by atoms with Gasteiger partial charge in [0.1, 0.15) is 0 Å². The fourth-order valence-corrected chi connectivity index (χ4v) is 9.31. The predicted octanol–water partition coefficient (Wildman–Crippen LogP) is 14.3. The van der Waals surface area contributed by atoms with Gasteiger partial charge in [-0.05, 0) is 81.2 Å². The lowest BCUT2D eigenvalue weighted by Gasteiger charge is -2.17. The lowest BCUT2D eigenvalue weighted by atomic mass is 9.94. The Morgan fingerprint density at radius 3 is 1.84 bits per heavy atom. The van der Waals surface area contributed by atoms with Crippen molar-refractivity contribution in [1.29, 1.82) is 0 Å². The zero-order valence-electron chi connectivity index (χ0n) is 38.6. The topological polar surface area (TPSA) is 43.6 Å². The van der Waals surface area contributed by atoms with E-state index in [-0.39, 0.29) is 27.6 Å². The highest BCUT2D eigenvalue weighted by Gasteiger charge is 2.21. The van der Waals surface area contributed by atoms with E-state index in [2.05, 4.69) is 54.6 Å². The first-order valence-electron chi connectivity index (χ1n) is 22.9. The monoisotopic (exact) mass is 764 g/mol. The van der Waals surface area contributed by atoms with Crippen LogP contribution in [0.4, 0.5) is 0 Å². The van der Waals surface area contributed by atoms with Gasteiger partial charge in [-0.1, -0.05) is 145 Å². The summed E-state index contributed by atoms with van der Waals surface area (Å²) < 4.78 is 76.1. The molecule has 0 saturated carbocycles. The molecule has 0 radical (unpaired) electrons. The average molecular weight is 765 g/mol. The summed E-state index contributed by atoms with van der Waals surface area (Å²) in [5.41, 5.74) is 3.91. The van der Waals surface area contributed by atoms with E-state index in [9.17, 15) is 5.48 Å². The Hall–Kier alpha value is -7.47. The maximum atomic E-state index is 9.41. The summed E-state index contributed by atoms with van der Waals surface area (Å²) in [6.07, 6.45) is 0. The molecule has 0 atom stereocenters. The molecule has 12 aromatic rings. The van der Waals surface area contributed by atoms with Gasteiger partial charge in [-0.2, -0.15) is 0 Å². The Labute approximate surface area is 349 Å². The summed E-state index contributed by atoms with van der Waals surface area (Å²) in [5, 5.41) is 6.39. The lowest BCUT2D eigenvalue weighted by Crippen LogP contribution is -2.04. The Bertz CT molecular complexity index is 3980. The number of benzene rings is 9. The van der Waals surface area contributed by atoms with Crippen molar-refractivity contribution >= 4 is 74.9 Å². The third-order valence-electron chi connectivity index (χ3n) is 10.9. The maximum Gasteiger partial charge on any atom is 0.166 e. The molecule has 3 heterocycles. The van der Waals surface area contributed by atoms with E-state index in [1.165, 1.54) is 0 Å². The van der Waals surface area contributed by atoms with Gasteiger partial charge in [-0.3, -0.25) is 0 Å². The van der Waals surface area contributed by atoms with Gasteiger partial charge in [0, 0.05) is 47.6 Å². The molecule has 270 valence electrons. The zero-order chi connectivity index (χ0) is 45.1. The van der Waals surface area contributed by atoms with E-state index in [4.69, 9.17) is 20.4 Å². The second kappa shape index (κ2) is 13.1. The first-order valence-corrected chi connectivity index (χ1v) is 19.7. The minimum atomic E-state index is -0.513. The number of fused-ring (bicyclic) bond motifs is 8. The number of rotatable bonds is 5. The molecule has 9 aromatic carbocycles. The molecule has 0 aliphatic carbocycles. The van der Waals surface area contributed by atoms with E-state index < -0.39 is 48.3 Å². The molecule has 0 bridgehead atoms. The molecule has 5 heteroatoms. The quantitative estimate of drug-likeness (QED) is 0.164. The highest BCUT2D eigenvalue weighted by atomic mass is 32.1. The van der Waals surface area contributed by atoms with Gasteiger partial charge in [0.25, 0.3) is 0 Å². The Morgan fingerprint density at radius 2 is 1.03 bits per heavy atom. The van der Waals surface area contributed by atoms with Crippen LogP contribution in [0, 0.1) is 0 Å². The molecule has 3 aromatic heterocycles. The van der Waals surface area contributed by atoms with Crippen molar-refractivity contribution in [2.24, 2.45) is 0 Å². The highest BCUT2D eigenvalue weighted by Crippen LogP contribution is 2.41. The third kappa shape index (κ3) is 5.25. The average Bonchev–Trinajstić information content (AvgIpc) is 3.92. The lowest BCUT2D eigenvalue weighted by molar-refractivity contribution is 1.07. The zero-order valence-corrected chi connectivity index (χ0v) is 31.4. The first kappa shape index (κ1) is 25.6. The number of aromatic nitrogens is 4. The predicted molar refractivity (Wildman–Crippen MR) is 244 cm³/mol. The van der Waals surface area contributed by atoms with Crippen molar-refractivity contribution < 1.29 is 11.0 Å². The van der Waals surface area contributed by atoms with Crippen LogP contribution in [0.1, 0.15) is 11.0 Å². The fraction of sp³-hybridized carbons (Fsp3) is 0. The van der Waals surface area contributed by atoms with E-state index in [0.717, 1.165) is 64.0 Å². The molecule has 4 nitrogen and oxygen atoms in total. The van der Waals surface area contributed by atoms with Gasteiger partial charge in [0.05, 0.1) is 27.7 Å². The van der Waals surface area contributed by atoms with Gasteiger partial charge in [0.2, 0.25) is 0 Å². The number of hydrogen-bond donors (Lipinski definition) is 0. The van der Waals surface area contributed by atoms with Crippen molar-refractivity contribution in [3.8, 4) is 51.0 Å². The molecule has 0 spiro atoms. The van der Waals surface area contributed by atoms with Crippen molar-refractivity contribution in [3.63, 3.8) is 0 Å². The Morgan fingerprint density at radius 1 is 0.397 bits per heavy atom. The van der Waals surface area contributed by atoms with E-state index in [0.29, 0.717) is 22.9 Å². The van der Waals surface area contributed by atoms with E-state index in [1.807, 2.05) is 91.0 Å². The second-order valence-corrected chi connectivity index (χ2v) is 15.3. The molecule has 0 aliphatic heterocycles. The van der Waals surface area contributed by atoms with Crippen molar-refractivity contribution in [2.45, 2.75) is 0 Å². The van der Waals surface area contributed by atoms with Crippen molar-refractivity contribution in [1.82, 2.24) is 19.5 Å². The minimum Gasteiger partial charge on any atom is -0.308 e. The normalized spacial score (nSPS) is 13.7. The van der Waals surface area contributed by atoms with Gasteiger partial charge >= 0.3 is 0 Å². The smallest absolute Gasteiger partial charge is 0.166 e.